The number of benzene rings is 2. The maximum absolute atomic E-state index is 2.19. The van der Waals surface area contributed by atoms with Crippen molar-refractivity contribution in [3.8, 4) is 0 Å². The molecule has 0 bridgehead atoms. The van der Waals surface area contributed by atoms with Gasteiger partial charge in [-0.05, 0) is 29.7 Å². The van der Waals surface area contributed by atoms with Gasteiger partial charge in [0.25, 0.3) is 0 Å². The predicted molar refractivity (Wildman–Crippen MR) is 77.2 cm³/mol. The summed E-state index contributed by atoms with van der Waals surface area (Å²) >= 11 is 0. The zero-order valence-corrected chi connectivity index (χ0v) is 10.2. The standard InChI is InChI=1S/C17H15N/c1-2-7-15(8-3-1)12-14-18-13-6-10-16-9-4-5-11-17(16)18/h1-9,11-14H,10H2. The molecule has 0 N–H and O–H groups in total. The van der Waals surface area contributed by atoms with Gasteiger partial charge in [-0.2, -0.15) is 0 Å². The molecule has 2 aromatic rings. The van der Waals surface area contributed by atoms with Gasteiger partial charge in [-0.3, -0.25) is 0 Å². The van der Waals surface area contributed by atoms with E-state index in [0.717, 1.165) is 6.42 Å². The lowest BCUT2D eigenvalue weighted by molar-refractivity contribution is 1.13. The van der Waals surface area contributed by atoms with Crippen LogP contribution in [0.5, 0.6) is 0 Å². The maximum Gasteiger partial charge on any atom is 0.0484 e. The smallest absolute Gasteiger partial charge is 0.0484 e. The van der Waals surface area contributed by atoms with Gasteiger partial charge in [0.15, 0.2) is 0 Å². The molecular weight excluding hydrogens is 218 g/mol. The van der Waals surface area contributed by atoms with Crippen LogP contribution in [0.4, 0.5) is 5.69 Å². The predicted octanol–water partition coefficient (Wildman–Crippen LogP) is 4.23. The maximum atomic E-state index is 2.19. The van der Waals surface area contributed by atoms with Gasteiger partial charge in [0.1, 0.15) is 0 Å². The number of hydrogen-bond donors (Lipinski definition) is 0. The first-order chi connectivity index (χ1) is 8.93. The molecule has 0 unspecified atom stereocenters. The van der Waals surface area contributed by atoms with Crippen molar-refractivity contribution < 1.29 is 0 Å². The summed E-state index contributed by atoms with van der Waals surface area (Å²) in [5, 5.41) is 0. The highest BCUT2D eigenvalue weighted by Crippen LogP contribution is 2.25. The van der Waals surface area contributed by atoms with E-state index in [1.807, 2.05) is 6.07 Å². The van der Waals surface area contributed by atoms with Gasteiger partial charge in [-0.1, -0.05) is 54.6 Å². The van der Waals surface area contributed by atoms with Gasteiger partial charge < -0.3 is 4.90 Å². The number of anilines is 1. The first-order valence-electron chi connectivity index (χ1n) is 6.20. The van der Waals surface area contributed by atoms with E-state index in [2.05, 4.69) is 78.0 Å². The number of para-hydroxylation sites is 1. The molecule has 0 aliphatic carbocycles. The molecule has 18 heavy (non-hydrogen) atoms. The molecule has 0 fully saturated rings. The molecule has 0 spiro atoms. The minimum atomic E-state index is 1.02. The number of allylic oxidation sites excluding steroid dienone is 1. The minimum absolute atomic E-state index is 1.02. The van der Waals surface area contributed by atoms with Crippen LogP contribution in [-0.4, -0.2) is 0 Å². The molecule has 1 nitrogen and oxygen atoms in total. The van der Waals surface area contributed by atoms with Crippen molar-refractivity contribution in [1.29, 1.82) is 0 Å². The fourth-order valence-electron chi connectivity index (χ4n) is 2.17. The lowest BCUT2D eigenvalue weighted by Crippen LogP contribution is -2.12. The first-order valence-corrected chi connectivity index (χ1v) is 6.20. The Labute approximate surface area is 108 Å². The van der Waals surface area contributed by atoms with Crippen LogP contribution in [0.25, 0.3) is 6.08 Å². The monoisotopic (exact) mass is 233 g/mol. The molecule has 0 atom stereocenters. The molecule has 1 heterocycles. The Morgan fingerprint density at radius 3 is 2.56 bits per heavy atom. The Kier molecular flexibility index (Phi) is 2.97. The van der Waals surface area contributed by atoms with Crippen molar-refractivity contribution in [2.75, 3.05) is 4.90 Å². The van der Waals surface area contributed by atoms with Gasteiger partial charge in [0, 0.05) is 18.1 Å². The van der Waals surface area contributed by atoms with Gasteiger partial charge in [0.2, 0.25) is 0 Å². The van der Waals surface area contributed by atoms with E-state index in [0.29, 0.717) is 0 Å². The van der Waals surface area contributed by atoms with Crippen LogP contribution in [-0.2, 0) is 6.42 Å². The highest BCUT2D eigenvalue weighted by atomic mass is 15.1. The van der Waals surface area contributed by atoms with Crippen molar-refractivity contribution in [2.45, 2.75) is 6.42 Å². The van der Waals surface area contributed by atoms with Crippen molar-refractivity contribution >= 4 is 11.8 Å². The second kappa shape index (κ2) is 4.92. The summed E-state index contributed by atoms with van der Waals surface area (Å²) in [4.78, 5) is 2.17. The van der Waals surface area contributed by atoms with Gasteiger partial charge >= 0.3 is 0 Å². The van der Waals surface area contributed by atoms with E-state index in [4.69, 9.17) is 0 Å². The molecule has 3 rings (SSSR count). The Morgan fingerprint density at radius 2 is 1.67 bits per heavy atom. The summed E-state index contributed by atoms with van der Waals surface area (Å²) in [6, 6.07) is 18.9. The van der Waals surface area contributed by atoms with Crippen molar-refractivity contribution in [1.82, 2.24) is 0 Å². The highest BCUT2D eigenvalue weighted by molar-refractivity contribution is 5.64. The lowest BCUT2D eigenvalue weighted by atomic mass is 10.1. The molecule has 0 saturated carbocycles. The van der Waals surface area contributed by atoms with E-state index >= 15 is 0 Å². The number of rotatable bonds is 2. The summed E-state index contributed by atoms with van der Waals surface area (Å²) in [7, 11) is 0. The van der Waals surface area contributed by atoms with Crippen molar-refractivity contribution in [2.24, 2.45) is 0 Å². The molecule has 88 valence electrons. The van der Waals surface area contributed by atoms with Crippen LogP contribution in [0.1, 0.15) is 11.1 Å². The van der Waals surface area contributed by atoms with Crippen LogP contribution in [0.15, 0.2) is 73.1 Å². The summed E-state index contributed by atoms with van der Waals surface area (Å²) in [6.07, 6.45) is 9.58. The third-order valence-electron chi connectivity index (χ3n) is 3.10. The number of fused-ring (bicyclic) bond motifs is 1. The average molecular weight is 233 g/mol. The third-order valence-corrected chi connectivity index (χ3v) is 3.10. The molecule has 2 aromatic carbocycles. The highest BCUT2D eigenvalue weighted by Gasteiger charge is 2.08. The number of hydrogen-bond acceptors (Lipinski definition) is 1. The van der Waals surface area contributed by atoms with Crippen LogP contribution >= 0.6 is 0 Å². The van der Waals surface area contributed by atoms with Crippen molar-refractivity contribution in [3.63, 3.8) is 0 Å². The lowest BCUT2D eigenvalue weighted by Gasteiger charge is -2.22. The molecule has 0 radical (unpaired) electrons. The zero-order chi connectivity index (χ0) is 12.2. The molecule has 0 aromatic heterocycles. The third kappa shape index (κ3) is 2.21. The van der Waals surface area contributed by atoms with E-state index in [9.17, 15) is 0 Å². The molecular formula is C17H15N. The fourth-order valence-corrected chi connectivity index (χ4v) is 2.17. The first kappa shape index (κ1) is 10.8. The minimum Gasteiger partial charge on any atom is -0.324 e. The van der Waals surface area contributed by atoms with Crippen LogP contribution < -0.4 is 4.90 Å². The molecule has 0 amide bonds. The second-order valence-corrected chi connectivity index (χ2v) is 4.35. The van der Waals surface area contributed by atoms with Crippen LogP contribution in [0, 0.1) is 0 Å². The summed E-state index contributed by atoms with van der Waals surface area (Å²) < 4.78 is 0. The quantitative estimate of drug-likeness (QED) is 0.750. The second-order valence-electron chi connectivity index (χ2n) is 4.35. The zero-order valence-electron chi connectivity index (χ0n) is 10.2. The van der Waals surface area contributed by atoms with Crippen LogP contribution in [0.3, 0.4) is 0 Å². The van der Waals surface area contributed by atoms with Crippen LogP contribution in [0.2, 0.25) is 0 Å². The van der Waals surface area contributed by atoms with E-state index < -0.39 is 0 Å². The summed E-state index contributed by atoms with van der Waals surface area (Å²) in [5.74, 6) is 0. The SMILES string of the molecule is C1=CN(C=Cc2ccccc2)c2ccccc2C1. The van der Waals surface area contributed by atoms with E-state index in [1.165, 1.54) is 16.8 Å². The van der Waals surface area contributed by atoms with E-state index in [1.54, 1.807) is 0 Å². The Balaban J connectivity index is 1.87. The Bertz CT molecular complexity index is 582. The van der Waals surface area contributed by atoms with Crippen molar-refractivity contribution in [3.05, 3.63) is 84.2 Å². The molecule has 1 aliphatic heterocycles. The van der Waals surface area contributed by atoms with Gasteiger partial charge in [-0.15, -0.1) is 0 Å². The molecule has 1 aliphatic rings. The van der Waals surface area contributed by atoms with Gasteiger partial charge in [-0.25, -0.2) is 0 Å². The largest absolute Gasteiger partial charge is 0.324 e. The summed E-state index contributed by atoms with van der Waals surface area (Å²) in [5.41, 5.74) is 3.86. The normalized spacial score (nSPS) is 13.9. The molecule has 0 saturated heterocycles. The Morgan fingerprint density at radius 1 is 0.889 bits per heavy atom. The average Bonchev–Trinajstić information content (AvgIpc) is 2.46. The number of nitrogens with zero attached hydrogens (tertiary/aromatic N) is 1. The Hall–Kier alpha value is -2.28. The summed E-state index contributed by atoms with van der Waals surface area (Å²) in [6.45, 7) is 0. The van der Waals surface area contributed by atoms with Gasteiger partial charge in [0.05, 0.1) is 0 Å². The van der Waals surface area contributed by atoms with E-state index in [-0.39, 0.29) is 0 Å². The topological polar surface area (TPSA) is 3.24 Å². The fraction of sp³-hybridized carbons (Fsp3) is 0.0588. The molecule has 1 heteroatoms.